The molecule has 4 heterocycles. The third-order valence-corrected chi connectivity index (χ3v) is 8.49. The van der Waals surface area contributed by atoms with Crippen LogP contribution in [0.25, 0.3) is 16.9 Å². The van der Waals surface area contributed by atoms with Gasteiger partial charge in [0, 0.05) is 48.6 Å². The molecular formula is C28H24N4O5S. The number of nitrogens with zero attached hydrogens (tertiary/aromatic N) is 4. The summed E-state index contributed by atoms with van der Waals surface area (Å²) in [6.45, 7) is 1.64. The van der Waals surface area contributed by atoms with Gasteiger partial charge < -0.3 is 9.64 Å². The lowest BCUT2D eigenvalue weighted by atomic mass is 10.0. The number of ether oxygens (including phenoxy) is 1. The average Bonchev–Trinajstić information content (AvgIpc) is 3.32. The zero-order valence-electron chi connectivity index (χ0n) is 20.4. The molecule has 0 unspecified atom stereocenters. The molecule has 9 nitrogen and oxygen atoms in total. The zero-order valence-corrected chi connectivity index (χ0v) is 21.2. The van der Waals surface area contributed by atoms with Crippen molar-refractivity contribution in [1.82, 2.24) is 19.7 Å². The van der Waals surface area contributed by atoms with E-state index in [2.05, 4.69) is 10.1 Å². The molecule has 1 fully saturated rings. The molecule has 0 N–H and O–H groups in total. The van der Waals surface area contributed by atoms with Gasteiger partial charge in [-0.15, -0.1) is 0 Å². The maximum atomic E-state index is 13.6. The summed E-state index contributed by atoms with van der Waals surface area (Å²) in [5.41, 5.74) is 3.34. The Hall–Kier alpha value is -4.15. The van der Waals surface area contributed by atoms with Crippen LogP contribution in [0.5, 0.6) is 0 Å². The first-order chi connectivity index (χ1) is 18.4. The van der Waals surface area contributed by atoms with E-state index in [0.717, 1.165) is 5.56 Å². The second-order valence-corrected chi connectivity index (χ2v) is 11.2. The van der Waals surface area contributed by atoms with Crippen LogP contribution in [0.4, 0.5) is 0 Å². The summed E-state index contributed by atoms with van der Waals surface area (Å²) < 4.78 is 33.4. The van der Waals surface area contributed by atoms with E-state index in [0.29, 0.717) is 54.4 Å². The number of carbonyl (C=O) groups is 2. The Bertz CT molecular complexity index is 1660. The molecule has 2 aliphatic heterocycles. The first-order valence-electron chi connectivity index (χ1n) is 12.3. The van der Waals surface area contributed by atoms with Crippen molar-refractivity contribution in [3.8, 4) is 16.9 Å². The molecule has 0 spiro atoms. The molecule has 0 saturated carbocycles. The summed E-state index contributed by atoms with van der Waals surface area (Å²) in [6.07, 6.45) is 3.51. The van der Waals surface area contributed by atoms with Gasteiger partial charge in [0.05, 0.1) is 35.2 Å². The molecule has 2 aromatic carbocycles. The van der Waals surface area contributed by atoms with Gasteiger partial charge in [0.25, 0.3) is 5.91 Å². The minimum atomic E-state index is -3.68. The molecule has 0 aliphatic carbocycles. The number of morpholine rings is 1. The zero-order chi connectivity index (χ0) is 26.3. The Morgan fingerprint density at radius 3 is 2.58 bits per heavy atom. The summed E-state index contributed by atoms with van der Waals surface area (Å²) in [5.74, 6) is -0.750. The fraction of sp³-hybridized carbons (Fsp3) is 0.214. The van der Waals surface area contributed by atoms with Crippen LogP contribution in [0.15, 0.2) is 78.0 Å². The number of benzene rings is 2. The molecule has 6 rings (SSSR count). The van der Waals surface area contributed by atoms with E-state index in [9.17, 15) is 18.0 Å². The lowest BCUT2D eigenvalue weighted by molar-refractivity contribution is 0.0298. The predicted molar refractivity (Wildman–Crippen MR) is 139 cm³/mol. The van der Waals surface area contributed by atoms with Gasteiger partial charge in [0.1, 0.15) is 0 Å². The van der Waals surface area contributed by atoms with Crippen molar-refractivity contribution in [2.75, 3.05) is 26.3 Å². The largest absolute Gasteiger partial charge is 0.378 e. The predicted octanol–water partition coefficient (Wildman–Crippen LogP) is 3.12. The normalized spacial score (nSPS) is 15.9. The standard InChI is InChI=1S/C28H24N4O5S/c33-24(15-19-5-4-10-29-17-19)20-6-3-7-21(16-20)32-27-22-8-1-2-9-25(22)38(35,36)18-23(27)26(30-32)28(34)31-11-13-37-14-12-31/h1-10,16-17H,11-15,18H2. The van der Waals surface area contributed by atoms with Crippen LogP contribution >= 0.6 is 0 Å². The summed E-state index contributed by atoms with van der Waals surface area (Å²) >= 11 is 0. The molecule has 4 aromatic rings. The Morgan fingerprint density at radius 2 is 1.79 bits per heavy atom. The van der Waals surface area contributed by atoms with Crippen molar-refractivity contribution < 1.29 is 22.7 Å². The number of sulfone groups is 1. The fourth-order valence-corrected chi connectivity index (χ4v) is 6.54. The van der Waals surface area contributed by atoms with Crippen LogP contribution < -0.4 is 0 Å². The smallest absolute Gasteiger partial charge is 0.274 e. The van der Waals surface area contributed by atoms with Crippen LogP contribution in [0, 0.1) is 0 Å². The molecular weight excluding hydrogens is 504 g/mol. The van der Waals surface area contributed by atoms with Crippen molar-refractivity contribution >= 4 is 21.5 Å². The summed E-state index contributed by atoms with van der Waals surface area (Å²) in [7, 11) is -3.68. The second kappa shape index (κ2) is 9.62. The first kappa shape index (κ1) is 24.2. The summed E-state index contributed by atoms with van der Waals surface area (Å²) in [6, 6.07) is 17.4. The highest BCUT2D eigenvalue weighted by molar-refractivity contribution is 7.90. The van der Waals surface area contributed by atoms with Gasteiger partial charge in [-0.05, 0) is 29.8 Å². The van der Waals surface area contributed by atoms with Crippen molar-refractivity contribution in [2.24, 2.45) is 0 Å². The van der Waals surface area contributed by atoms with Crippen molar-refractivity contribution in [3.05, 3.63) is 95.4 Å². The average molecular weight is 529 g/mol. The third-order valence-electron chi connectivity index (χ3n) is 6.80. The van der Waals surface area contributed by atoms with Gasteiger partial charge in [0.15, 0.2) is 21.3 Å². The van der Waals surface area contributed by atoms with E-state index >= 15 is 0 Å². The molecule has 1 amide bonds. The third kappa shape index (κ3) is 4.31. The van der Waals surface area contributed by atoms with Crippen molar-refractivity contribution in [1.29, 1.82) is 0 Å². The van der Waals surface area contributed by atoms with Crippen LogP contribution in [-0.2, 0) is 26.7 Å². The SMILES string of the molecule is O=C(Cc1cccnc1)c1cccc(-n2nc(C(=O)N3CCOCC3)c3c2-c2ccccc2S(=O)(=O)C3)c1. The maximum absolute atomic E-state index is 13.6. The van der Waals surface area contributed by atoms with Gasteiger partial charge in [0.2, 0.25) is 0 Å². The topological polar surface area (TPSA) is 111 Å². The van der Waals surface area contributed by atoms with E-state index in [1.165, 1.54) is 0 Å². The number of fused-ring (bicyclic) bond motifs is 3. The number of aromatic nitrogens is 3. The highest BCUT2D eigenvalue weighted by Gasteiger charge is 2.37. The minimum Gasteiger partial charge on any atom is -0.378 e. The number of hydrogen-bond donors (Lipinski definition) is 0. The van der Waals surface area contributed by atoms with E-state index in [4.69, 9.17) is 4.74 Å². The Labute approximate surface area is 219 Å². The van der Waals surface area contributed by atoms with Gasteiger partial charge in [-0.1, -0.05) is 36.4 Å². The van der Waals surface area contributed by atoms with Crippen LogP contribution in [0.3, 0.4) is 0 Å². The number of hydrogen-bond acceptors (Lipinski definition) is 7. The van der Waals surface area contributed by atoms with Gasteiger partial charge >= 0.3 is 0 Å². The molecule has 0 atom stereocenters. The van der Waals surface area contributed by atoms with Crippen LogP contribution in [0.2, 0.25) is 0 Å². The number of carbonyl (C=O) groups excluding carboxylic acids is 2. The molecule has 10 heteroatoms. The van der Waals surface area contributed by atoms with Gasteiger partial charge in [-0.25, -0.2) is 13.1 Å². The lowest BCUT2D eigenvalue weighted by Gasteiger charge is -2.26. The van der Waals surface area contributed by atoms with Gasteiger partial charge in [-0.2, -0.15) is 5.10 Å². The lowest BCUT2D eigenvalue weighted by Crippen LogP contribution is -2.41. The van der Waals surface area contributed by atoms with Crippen molar-refractivity contribution in [3.63, 3.8) is 0 Å². The number of Topliss-reactive ketones (excluding diaryl/α,β-unsaturated/α-hetero) is 1. The number of rotatable bonds is 5. The van der Waals surface area contributed by atoms with E-state index in [1.54, 1.807) is 76.6 Å². The number of ketones is 1. The van der Waals surface area contributed by atoms with Crippen molar-refractivity contribution in [2.45, 2.75) is 17.1 Å². The molecule has 1 saturated heterocycles. The highest BCUT2D eigenvalue weighted by Crippen LogP contribution is 2.41. The highest BCUT2D eigenvalue weighted by atomic mass is 32.2. The fourth-order valence-electron chi connectivity index (χ4n) is 4.94. The van der Waals surface area contributed by atoms with E-state index in [1.807, 2.05) is 6.07 Å². The van der Waals surface area contributed by atoms with Gasteiger partial charge in [-0.3, -0.25) is 14.6 Å². The quantitative estimate of drug-likeness (QED) is 0.366. The molecule has 0 bridgehead atoms. The van der Waals surface area contributed by atoms with E-state index < -0.39 is 9.84 Å². The Balaban J connectivity index is 1.48. The number of pyridine rings is 1. The summed E-state index contributed by atoms with van der Waals surface area (Å²) in [5, 5.41) is 4.68. The molecule has 2 aromatic heterocycles. The van der Waals surface area contributed by atoms with E-state index in [-0.39, 0.29) is 34.5 Å². The molecule has 38 heavy (non-hydrogen) atoms. The monoisotopic (exact) mass is 528 g/mol. The van der Waals surface area contributed by atoms with Crippen LogP contribution in [0.1, 0.15) is 32.0 Å². The maximum Gasteiger partial charge on any atom is 0.274 e. The number of amides is 1. The molecule has 0 radical (unpaired) electrons. The minimum absolute atomic E-state index is 0.0894. The summed E-state index contributed by atoms with van der Waals surface area (Å²) in [4.78, 5) is 32.5. The van der Waals surface area contributed by atoms with Crippen LogP contribution in [-0.4, -0.2) is 66.1 Å². The second-order valence-electron chi connectivity index (χ2n) is 9.26. The first-order valence-corrected chi connectivity index (χ1v) is 13.9. The molecule has 192 valence electrons. The Kier molecular flexibility index (Phi) is 6.13. The Morgan fingerprint density at radius 1 is 0.974 bits per heavy atom. The molecule has 2 aliphatic rings.